The molecule has 0 aromatic heterocycles. The molecule has 1 aromatic rings. The molecule has 6 nitrogen and oxygen atoms in total. The fraction of sp³-hybridized carbons (Fsp3) is 0.650. The largest absolute Gasteiger partial charge is 0.357 e. The van der Waals surface area contributed by atoms with Gasteiger partial charge in [0.25, 0.3) is 0 Å². The molecule has 0 fully saturated rings. The van der Waals surface area contributed by atoms with Gasteiger partial charge in [-0.15, -0.1) is 0 Å². The van der Waals surface area contributed by atoms with Crippen LogP contribution >= 0.6 is 0 Å². The van der Waals surface area contributed by atoms with E-state index in [1.165, 1.54) is 17.4 Å². The topological polar surface area (TPSA) is 73.8 Å². The second-order valence-electron chi connectivity index (χ2n) is 7.52. The normalized spacial score (nSPS) is 17.9. The SMILES string of the molecule is CCNC(=NCC(C)N1CCc2ccccc2C1)NC(C)CCS(C)(=O)=O. The summed E-state index contributed by atoms with van der Waals surface area (Å²) in [5, 5.41) is 6.58. The number of nitrogens with one attached hydrogen (secondary N) is 2. The zero-order valence-electron chi connectivity index (χ0n) is 17.0. The van der Waals surface area contributed by atoms with Gasteiger partial charge in [0.05, 0.1) is 12.3 Å². The van der Waals surface area contributed by atoms with Crippen molar-refractivity contribution in [1.82, 2.24) is 15.5 Å². The lowest BCUT2D eigenvalue weighted by atomic mass is 9.99. The third-order valence-electron chi connectivity index (χ3n) is 4.95. The monoisotopic (exact) mass is 394 g/mol. The first kappa shape index (κ1) is 21.7. The molecular weight excluding hydrogens is 360 g/mol. The van der Waals surface area contributed by atoms with E-state index in [2.05, 4.69) is 46.7 Å². The van der Waals surface area contributed by atoms with Gasteiger partial charge in [-0.3, -0.25) is 9.89 Å². The van der Waals surface area contributed by atoms with Gasteiger partial charge >= 0.3 is 0 Å². The van der Waals surface area contributed by atoms with Crippen molar-refractivity contribution in [2.45, 2.75) is 52.2 Å². The van der Waals surface area contributed by atoms with Gasteiger partial charge in [0.2, 0.25) is 0 Å². The van der Waals surface area contributed by atoms with Crippen LogP contribution in [0.15, 0.2) is 29.3 Å². The first-order valence-electron chi connectivity index (χ1n) is 9.82. The van der Waals surface area contributed by atoms with E-state index in [-0.39, 0.29) is 11.8 Å². The minimum absolute atomic E-state index is 0.0506. The predicted molar refractivity (Wildman–Crippen MR) is 113 cm³/mol. The number of guanidine groups is 1. The Hall–Kier alpha value is -1.60. The summed E-state index contributed by atoms with van der Waals surface area (Å²) in [7, 11) is -2.94. The van der Waals surface area contributed by atoms with E-state index in [4.69, 9.17) is 4.99 Å². The van der Waals surface area contributed by atoms with Gasteiger partial charge in [0, 0.05) is 38.0 Å². The number of hydrogen-bond acceptors (Lipinski definition) is 4. The summed E-state index contributed by atoms with van der Waals surface area (Å²) in [5.74, 6) is 0.937. The highest BCUT2D eigenvalue weighted by Gasteiger charge is 2.20. The number of nitrogens with zero attached hydrogens (tertiary/aromatic N) is 2. The molecule has 1 heterocycles. The summed E-state index contributed by atoms with van der Waals surface area (Å²) < 4.78 is 22.7. The zero-order chi connectivity index (χ0) is 19.9. The highest BCUT2D eigenvalue weighted by molar-refractivity contribution is 7.90. The van der Waals surface area contributed by atoms with Crippen LogP contribution < -0.4 is 10.6 Å². The molecule has 1 aromatic carbocycles. The van der Waals surface area contributed by atoms with Crippen LogP contribution in [0.3, 0.4) is 0 Å². The Kier molecular flexibility index (Phi) is 8.10. The number of sulfone groups is 1. The van der Waals surface area contributed by atoms with Crippen LogP contribution in [0, 0.1) is 0 Å². The van der Waals surface area contributed by atoms with Crippen molar-refractivity contribution in [3.8, 4) is 0 Å². The molecule has 0 spiro atoms. The van der Waals surface area contributed by atoms with Gasteiger partial charge < -0.3 is 10.6 Å². The maximum atomic E-state index is 11.3. The van der Waals surface area contributed by atoms with Gasteiger partial charge in [-0.2, -0.15) is 0 Å². The van der Waals surface area contributed by atoms with Gasteiger partial charge in [-0.1, -0.05) is 24.3 Å². The molecule has 2 atom stereocenters. The van der Waals surface area contributed by atoms with Crippen LogP contribution in [0.2, 0.25) is 0 Å². The zero-order valence-corrected chi connectivity index (χ0v) is 17.8. The van der Waals surface area contributed by atoms with E-state index in [0.29, 0.717) is 19.0 Å². The summed E-state index contributed by atoms with van der Waals surface area (Å²) >= 11 is 0. The Morgan fingerprint density at radius 2 is 1.96 bits per heavy atom. The molecule has 0 aliphatic carbocycles. The van der Waals surface area contributed by atoms with Crippen molar-refractivity contribution in [2.24, 2.45) is 4.99 Å². The number of fused-ring (bicyclic) bond motifs is 1. The summed E-state index contributed by atoms with van der Waals surface area (Å²) in [5.41, 5.74) is 2.87. The van der Waals surface area contributed by atoms with Crippen LogP contribution in [0.4, 0.5) is 0 Å². The van der Waals surface area contributed by atoms with Crippen LogP contribution in [0.5, 0.6) is 0 Å². The molecule has 0 saturated heterocycles. The van der Waals surface area contributed by atoms with E-state index in [1.807, 2.05) is 13.8 Å². The van der Waals surface area contributed by atoms with Crippen molar-refractivity contribution in [3.63, 3.8) is 0 Å². The van der Waals surface area contributed by atoms with E-state index in [0.717, 1.165) is 32.0 Å². The van der Waals surface area contributed by atoms with Crippen molar-refractivity contribution < 1.29 is 8.42 Å². The first-order valence-corrected chi connectivity index (χ1v) is 11.9. The third kappa shape index (κ3) is 7.50. The molecule has 2 unspecified atom stereocenters. The summed E-state index contributed by atoms with van der Waals surface area (Å²) in [6.07, 6.45) is 2.93. The van der Waals surface area contributed by atoms with Crippen molar-refractivity contribution >= 4 is 15.8 Å². The minimum atomic E-state index is -2.94. The Bertz CT molecular complexity index is 733. The summed E-state index contributed by atoms with van der Waals surface area (Å²) in [6, 6.07) is 9.06. The lowest BCUT2D eigenvalue weighted by Gasteiger charge is -2.33. The Morgan fingerprint density at radius 1 is 1.26 bits per heavy atom. The van der Waals surface area contributed by atoms with E-state index < -0.39 is 9.84 Å². The molecular formula is C20H34N4O2S. The lowest BCUT2D eigenvalue weighted by Crippen LogP contribution is -2.44. The van der Waals surface area contributed by atoms with Crippen LogP contribution in [0.25, 0.3) is 0 Å². The molecule has 0 amide bonds. The van der Waals surface area contributed by atoms with Crippen molar-refractivity contribution in [1.29, 1.82) is 0 Å². The molecule has 0 saturated carbocycles. The molecule has 1 aliphatic rings. The second kappa shape index (κ2) is 10.1. The molecule has 2 rings (SSSR count). The van der Waals surface area contributed by atoms with Crippen LogP contribution in [-0.4, -0.2) is 63.0 Å². The fourth-order valence-electron chi connectivity index (χ4n) is 3.25. The van der Waals surface area contributed by atoms with Gasteiger partial charge in [0.15, 0.2) is 5.96 Å². The molecule has 152 valence electrons. The molecule has 1 aliphatic heterocycles. The fourth-order valence-corrected chi connectivity index (χ4v) is 4.03. The van der Waals surface area contributed by atoms with E-state index >= 15 is 0 Å². The van der Waals surface area contributed by atoms with Crippen molar-refractivity contribution in [3.05, 3.63) is 35.4 Å². The average molecular weight is 395 g/mol. The minimum Gasteiger partial charge on any atom is -0.357 e. The highest BCUT2D eigenvalue weighted by Crippen LogP contribution is 2.20. The third-order valence-corrected chi connectivity index (χ3v) is 5.92. The summed E-state index contributed by atoms with van der Waals surface area (Å²) in [4.78, 5) is 7.21. The maximum Gasteiger partial charge on any atom is 0.191 e. The van der Waals surface area contributed by atoms with E-state index in [9.17, 15) is 8.42 Å². The molecule has 7 heteroatoms. The predicted octanol–water partition coefficient (Wildman–Crippen LogP) is 1.81. The summed E-state index contributed by atoms with van der Waals surface area (Å²) in [6.45, 7) is 9.75. The smallest absolute Gasteiger partial charge is 0.191 e. The van der Waals surface area contributed by atoms with Crippen molar-refractivity contribution in [2.75, 3.05) is 31.6 Å². The number of benzene rings is 1. The first-order chi connectivity index (χ1) is 12.8. The average Bonchev–Trinajstić information content (AvgIpc) is 2.63. The van der Waals surface area contributed by atoms with Gasteiger partial charge in [-0.25, -0.2) is 8.42 Å². The Balaban J connectivity index is 1.90. The van der Waals surface area contributed by atoms with E-state index in [1.54, 1.807) is 0 Å². The lowest BCUT2D eigenvalue weighted by molar-refractivity contribution is 0.195. The van der Waals surface area contributed by atoms with Gasteiger partial charge in [0.1, 0.15) is 9.84 Å². The Morgan fingerprint density at radius 3 is 2.63 bits per heavy atom. The number of rotatable bonds is 8. The molecule has 2 N–H and O–H groups in total. The highest BCUT2D eigenvalue weighted by atomic mass is 32.2. The second-order valence-corrected chi connectivity index (χ2v) is 9.78. The number of hydrogen-bond donors (Lipinski definition) is 2. The molecule has 0 bridgehead atoms. The van der Waals surface area contributed by atoms with Crippen LogP contribution in [0.1, 0.15) is 38.3 Å². The molecule has 27 heavy (non-hydrogen) atoms. The standard InChI is InChI=1S/C20H34N4O2S/c1-5-21-20(23-16(2)11-13-27(4,25)26)22-14-17(3)24-12-10-18-8-6-7-9-19(18)15-24/h6-9,16-17H,5,10-15H2,1-4H3,(H2,21,22,23). The maximum absolute atomic E-state index is 11.3. The van der Waals surface area contributed by atoms with Gasteiger partial charge in [-0.05, 0) is 44.7 Å². The number of aliphatic imine (C=N–C) groups is 1. The van der Waals surface area contributed by atoms with Crippen LogP contribution in [-0.2, 0) is 22.8 Å². The molecule has 0 radical (unpaired) electrons. The Labute approximate surface area is 164 Å². The quantitative estimate of drug-likeness (QED) is 0.520.